The largest absolute Gasteiger partial charge is 0.347 e. The molecule has 1 saturated heterocycles. The van der Waals surface area contributed by atoms with Crippen LogP contribution < -0.4 is 26.6 Å². The fourth-order valence-electron chi connectivity index (χ4n) is 7.98. The third-order valence-electron chi connectivity index (χ3n) is 11.3. The summed E-state index contributed by atoms with van der Waals surface area (Å²) in [6.07, 6.45) is 6.42. The number of nitrogens with one attached hydrogen (secondary N) is 5. The van der Waals surface area contributed by atoms with Crippen LogP contribution in [-0.2, 0) is 28.8 Å². The normalized spacial score (nSPS) is 22.1. The molecule has 14 nitrogen and oxygen atoms in total. The Bertz CT molecular complexity index is 1550. The van der Waals surface area contributed by atoms with Gasteiger partial charge in [-0.2, -0.15) is 0 Å². The Hall–Kier alpha value is -4.49. The van der Waals surface area contributed by atoms with Crippen molar-refractivity contribution in [3.63, 3.8) is 0 Å². The van der Waals surface area contributed by atoms with Gasteiger partial charge in [-0.1, -0.05) is 104 Å². The molecule has 298 valence electrons. The highest BCUT2D eigenvalue weighted by Gasteiger charge is 2.70. The van der Waals surface area contributed by atoms with Crippen LogP contribution in [0.5, 0.6) is 0 Å². The summed E-state index contributed by atoms with van der Waals surface area (Å²) < 4.78 is 0. The van der Waals surface area contributed by atoms with Gasteiger partial charge in [0.1, 0.15) is 18.1 Å². The van der Waals surface area contributed by atoms with Crippen molar-refractivity contribution in [3.8, 4) is 0 Å². The van der Waals surface area contributed by atoms with Gasteiger partial charge >= 0.3 is 6.03 Å². The molecule has 0 bridgehead atoms. The van der Waals surface area contributed by atoms with Gasteiger partial charge in [0.05, 0.1) is 12.6 Å². The first kappa shape index (κ1) is 42.3. The molecule has 3 aliphatic rings. The van der Waals surface area contributed by atoms with Crippen molar-refractivity contribution in [2.24, 2.45) is 22.7 Å². The summed E-state index contributed by atoms with van der Waals surface area (Å²) in [5.41, 5.74) is -0.335. The first-order chi connectivity index (χ1) is 25.4. The number of hydrogen-bond acceptors (Lipinski definition) is 7. The van der Waals surface area contributed by atoms with Crippen molar-refractivity contribution in [3.05, 3.63) is 35.9 Å². The molecule has 0 spiro atoms. The molecule has 6 atom stereocenters. The predicted octanol–water partition coefficient (Wildman–Crippen LogP) is 2.82. The summed E-state index contributed by atoms with van der Waals surface area (Å²) in [5.74, 6) is -4.02. The van der Waals surface area contributed by atoms with E-state index in [0.29, 0.717) is 24.9 Å². The molecule has 2 aliphatic carbocycles. The lowest BCUT2D eigenvalue weighted by Gasteiger charge is -2.38. The molecule has 3 unspecified atom stereocenters. The van der Waals surface area contributed by atoms with E-state index in [2.05, 4.69) is 26.6 Å². The molecule has 1 aliphatic heterocycles. The number of likely N-dealkylation sites (tertiary alicyclic amines) is 1. The van der Waals surface area contributed by atoms with Crippen molar-refractivity contribution in [2.75, 3.05) is 27.2 Å². The van der Waals surface area contributed by atoms with E-state index in [1.807, 2.05) is 41.5 Å². The predicted molar refractivity (Wildman–Crippen MR) is 204 cm³/mol. The molecule has 3 fully saturated rings. The SMILES string of the molecule is CCCCC(NC(=O)[C@@H]1C2C(CN1C(=O)[C@@H](NC(=O)NC1CCCCC1)C(C)(C)C)C2(C)C)C(=O)C(=O)NCC(=O)N[C@H](C(=O)N(C)C)c1ccccc1. The quantitative estimate of drug-likeness (QED) is 0.171. The van der Waals surface area contributed by atoms with E-state index in [4.69, 9.17) is 0 Å². The van der Waals surface area contributed by atoms with Gasteiger partial charge in [0.2, 0.25) is 29.4 Å². The van der Waals surface area contributed by atoms with Crippen molar-refractivity contribution in [1.82, 2.24) is 36.4 Å². The van der Waals surface area contributed by atoms with Gasteiger partial charge < -0.3 is 36.4 Å². The number of carbonyl (C=O) groups is 7. The van der Waals surface area contributed by atoms with Gasteiger partial charge in [-0.15, -0.1) is 0 Å². The van der Waals surface area contributed by atoms with Gasteiger partial charge in [-0.3, -0.25) is 28.8 Å². The summed E-state index contributed by atoms with van der Waals surface area (Å²) in [6.45, 7) is 11.4. The molecule has 1 heterocycles. The number of hydrogen-bond donors (Lipinski definition) is 5. The number of urea groups is 1. The van der Waals surface area contributed by atoms with Crippen LogP contribution in [0.15, 0.2) is 30.3 Å². The molecule has 0 radical (unpaired) electrons. The highest BCUT2D eigenvalue weighted by Crippen LogP contribution is 2.65. The topological polar surface area (TPSA) is 186 Å². The van der Waals surface area contributed by atoms with Crippen LogP contribution in [0.25, 0.3) is 0 Å². The highest BCUT2D eigenvalue weighted by molar-refractivity contribution is 6.38. The minimum absolute atomic E-state index is 0.0517. The summed E-state index contributed by atoms with van der Waals surface area (Å²) in [6, 6.07) is 4.31. The molecule has 2 saturated carbocycles. The lowest BCUT2D eigenvalue weighted by atomic mass is 9.85. The molecule has 4 rings (SSSR count). The summed E-state index contributed by atoms with van der Waals surface area (Å²) in [5, 5.41) is 13.7. The number of carbonyl (C=O) groups excluding carboxylic acids is 7. The molecule has 5 N–H and O–H groups in total. The standard InChI is InChI=1S/C40H61N7O7/c1-9-10-21-27(32(49)35(51)41-22-28(48)44-30(36(52)46(7)8)24-17-13-11-14-18-24)43-34(50)31-29-26(40(29,5)6)23-47(31)37(53)33(39(2,3)4)45-38(54)42-25-19-15-12-16-20-25/h11,13-14,17-18,25-27,29-31,33H,9-10,12,15-16,19-23H2,1-8H3,(H,41,51)(H,43,50)(H,44,48)(H2,42,45,54)/t26?,27?,29?,30-,31-,33+/m0/s1. The number of Topliss-reactive ketones (excluding diaryl/α,β-unsaturated/α-hetero) is 1. The third-order valence-corrected chi connectivity index (χ3v) is 11.3. The number of piperidine rings is 1. The van der Waals surface area contributed by atoms with Crippen molar-refractivity contribution >= 4 is 41.4 Å². The van der Waals surface area contributed by atoms with E-state index in [0.717, 1.165) is 32.1 Å². The highest BCUT2D eigenvalue weighted by atomic mass is 16.2. The summed E-state index contributed by atoms with van der Waals surface area (Å²) in [4.78, 5) is 97.0. The minimum atomic E-state index is -1.19. The number of fused-ring (bicyclic) bond motifs is 1. The van der Waals surface area contributed by atoms with Crippen LogP contribution in [0, 0.1) is 22.7 Å². The molecule has 0 aromatic heterocycles. The van der Waals surface area contributed by atoms with Gasteiger partial charge in [0, 0.05) is 26.7 Å². The smallest absolute Gasteiger partial charge is 0.315 e. The van der Waals surface area contributed by atoms with Crippen LogP contribution in [0.4, 0.5) is 4.79 Å². The maximum absolute atomic E-state index is 14.3. The molecule has 1 aromatic carbocycles. The number of amides is 7. The number of rotatable bonds is 15. The van der Waals surface area contributed by atoms with Crippen LogP contribution in [-0.4, -0.2) is 103 Å². The third kappa shape index (κ3) is 10.2. The van der Waals surface area contributed by atoms with Gasteiger partial charge in [0.25, 0.3) is 5.91 Å². The van der Waals surface area contributed by atoms with E-state index in [-0.39, 0.29) is 41.5 Å². The minimum Gasteiger partial charge on any atom is -0.347 e. The maximum Gasteiger partial charge on any atom is 0.315 e. The zero-order valence-corrected chi connectivity index (χ0v) is 33.3. The summed E-state index contributed by atoms with van der Waals surface area (Å²) >= 11 is 0. The van der Waals surface area contributed by atoms with E-state index < -0.39 is 65.7 Å². The Kier molecular flexibility index (Phi) is 13.9. The average molecular weight is 752 g/mol. The zero-order chi connectivity index (χ0) is 40.0. The Labute approximate surface area is 319 Å². The second-order valence-electron chi connectivity index (χ2n) is 17.0. The summed E-state index contributed by atoms with van der Waals surface area (Å²) in [7, 11) is 3.13. The van der Waals surface area contributed by atoms with Gasteiger partial charge in [-0.05, 0) is 47.5 Å². The molecular weight excluding hydrogens is 690 g/mol. The number of unbranched alkanes of at least 4 members (excludes halogenated alkanes) is 1. The fourth-order valence-corrected chi connectivity index (χ4v) is 7.98. The van der Waals surface area contributed by atoms with E-state index in [9.17, 15) is 33.6 Å². The van der Waals surface area contributed by atoms with Gasteiger partial charge in [0.15, 0.2) is 0 Å². The Morgan fingerprint density at radius 2 is 1.57 bits per heavy atom. The second-order valence-corrected chi connectivity index (χ2v) is 17.0. The lowest BCUT2D eigenvalue weighted by molar-refractivity contribution is -0.145. The van der Waals surface area contributed by atoms with Gasteiger partial charge in [-0.25, -0.2) is 4.79 Å². The molecular formula is C40H61N7O7. The van der Waals surface area contributed by atoms with Crippen LogP contribution in [0.3, 0.4) is 0 Å². The Morgan fingerprint density at radius 3 is 2.17 bits per heavy atom. The van der Waals surface area contributed by atoms with E-state index in [1.165, 1.54) is 9.80 Å². The van der Waals surface area contributed by atoms with E-state index in [1.54, 1.807) is 44.4 Å². The lowest BCUT2D eigenvalue weighted by Crippen LogP contribution is -2.61. The number of nitrogens with zero attached hydrogens (tertiary/aromatic N) is 2. The van der Waals surface area contributed by atoms with Crippen molar-refractivity contribution in [2.45, 2.75) is 123 Å². The van der Waals surface area contributed by atoms with Crippen molar-refractivity contribution in [1.29, 1.82) is 0 Å². The Morgan fingerprint density at radius 1 is 0.926 bits per heavy atom. The van der Waals surface area contributed by atoms with E-state index >= 15 is 0 Å². The molecule has 54 heavy (non-hydrogen) atoms. The average Bonchev–Trinajstić information content (AvgIpc) is 3.43. The number of likely N-dealkylation sites (N-methyl/N-ethyl adjacent to an activating group) is 1. The monoisotopic (exact) mass is 751 g/mol. The first-order valence-corrected chi connectivity index (χ1v) is 19.4. The fraction of sp³-hybridized carbons (Fsp3) is 0.675. The maximum atomic E-state index is 14.3. The number of benzene rings is 1. The molecule has 14 heteroatoms. The molecule has 7 amide bonds. The first-order valence-electron chi connectivity index (χ1n) is 19.4. The zero-order valence-electron chi connectivity index (χ0n) is 33.3. The second kappa shape index (κ2) is 17.8. The van der Waals surface area contributed by atoms with Crippen LogP contribution >= 0.6 is 0 Å². The van der Waals surface area contributed by atoms with Crippen molar-refractivity contribution < 1.29 is 33.6 Å². The van der Waals surface area contributed by atoms with Crippen LogP contribution in [0.2, 0.25) is 0 Å². The number of ketones is 1. The Balaban J connectivity index is 1.44. The molecule has 1 aromatic rings. The van der Waals surface area contributed by atoms with Crippen LogP contribution in [0.1, 0.15) is 105 Å².